The van der Waals surface area contributed by atoms with E-state index in [9.17, 15) is 10.5 Å². The van der Waals surface area contributed by atoms with E-state index in [-0.39, 0.29) is 0 Å². The van der Waals surface area contributed by atoms with Crippen molar-refractivity contribution in [1.29, 1.82) is 10.5 Å². The molecule has 3 heterocycles. The molecule has 0 atom stereocenters. The van der Waals surface area contributed by atoms with Gasteiger partial charge in [0.05, 0.1) is 45.3 Å². The van der Waals surface area contributed by atoms with E-state index in [1.165, 1.54) is 0 Å². The van der Waals surface area contributed by atoms with Gasteiger partial charge in [-0.25, -0.2) is 0 Å². The molecule has 0 fully saturated rings. The van der Waals surface area contributed by atoms with E-state index < -0.39 is 0 Å². The van der Waals surface area contributed by atoms with E-state index in [2.05, 4.69) is 94.1 Å². The number of aromatic nitrogens is 2. The topological polar surface area (TPSA) is 70.6 Å². The fraction of sp³-hybridized carbons (Fsp3) is 0. The Morgan fingerprint density at radius 3 is 1.41 bits per heavy atom. The lowest BCUT2D eigenvalue weighted by molar-refractivity contribution is 0.669. The van der Waals surface area contributed by atoms with Gasteiger partial charge in [0.15, 0.2) is 0 Å². The minimum absolute atomic E-state index is 0.503. The zero-order valence-corrected chi connectivity index (χ0v) is 26.1. The van der Waals surface area contributed by atoms with Gasteiger partial charge in [-0.2, -0.15) is 10.5 Å². The van der Waals surface area contributed by atoms with Crippen LogP contribution in [0.4, 0.5) is 0 Å². The summed E-state index contributed by atoms with van der Waals surface area (Å²) in [7, 11) is 0. The molecule has 0 N–H and O–H groups in total. The maximum absolute atomic E-state index is 10.4. The van der Waals surface area contributed by atoms with Gasteiger partial charge in [-0.05, 0) is 72.8 Å². The second-order valence-corrected chi connectivity index (χ2v) is 12.4. The molecule has 0 aliphatic heterocycles. The Bertz CT molecular complexity index is 3030. The number of hydrogen-bond donors (Lipinski definition) is 0. The Hall–Kier alpha value is -7.08. The van der Waals surface area contributed by atoms with Crippen molar-refractivity contribution in [3.8, 4) is 34.6 Å². The van der Waals surface area contributed by atoms with Crippen LogP contribution in [0.2, 0.25) is 0 Å². The number of hydrogen-bond acceptors (Lipinski definition) is 3. The predicted molar refractivity (Wildman–Crippen MR) is 197 cm³/mol. The lowest BCUT2D eigenvalue weighted by Gasteiger charge is -2.15. The molecule has 3 aromatic heterocycles. The first-order chi connectivity index (χ1) is 24.2. The summed E-state index contributed by atoms with van der Waals surface area (Å²) in [4.78, 5) is 0. The minimum Gasteiger partial charge on any atom is -0.456 e. The van der Waals surface area contributed by atoms with Gasteiger partial charge in [-0.1, -0.05) is 72.8 Å². The highest BCUT2D eigenvalue weighted by Crippen LogP contribution is 2.40. The summed E-state index contributed by atoms with van der Waals surface area (Å²) in [5.74, 6) is 0. The zero-order chi connectivity index (χ0) is 32.6. The van der Waals surface area contributed by atoms with Crippen molar-refractivity contribution in [3.05, 3.63) is 157 Å². The third-order valence-corrected chi connectivity index (χ3v) is 9.80. The fourth-order valence-corrected chi connectivity index (χ4v) is 7.65. The van der Waals surface area contributed by atoms with Crippen molar-refractivity contribution in [3.63, 3.8) is 0 Å². The summed E-state index contributed by atoms with van der Waals surface area (Å²) in [5.41, 5.74) is 10.2. The Morgan fingerprint density at radius 1 is 0.388 bits per heavy atom. The Morgan fingerprint density at radius 2 is 0.857 bits per heavy atom. The van der Waals surface area contributed by atoms with Gasteiger partial charge < -0.3 is 13.6 Å². The Balaban J connectivity index is 1.24. The SMILES string of the molecule is N#Cc1ccc(-n2c3ccccc3c3ccccc32)cc1-c1cc(-n2c3ccccc3c3cc4oc5ccccc5c4cc32)ccc1C#N. The summed E-state index contributed by atoms with van der Waals surface area (Å²) in [6, 6.07) is 54.2. The minimum atomic E-state index is 0.503. The molecule has 0 amide bonds. The monoisotopic (exact) mass is 624 g/mol. The van der Waals surface area contributed by atoms with Crippen LogP contribution in [0.15, 0.2) is 150 Å². The van der Waals surface area contributed by atoms with Gasteiger partial charge in [0, 0.05) is 54.8 Å². The summed E-state index contributed by atoms with van der Waals surface area (Å²) in [6.07, 6.45) is 0. The van der Waals surface area contributed by atoms with Crippen LogP contribution in [0, 0.1) is 22.7 Å². The van der Waals surface area contributed by atoms with Crippen LogP contribution >= 0.6 is 0 Å². The third kappa shape index (κ3) is 3.85. The molecule has 7 aromatic carbocycles. The number of nitrogens with zero attached hydrogens (tertiary/aromatic N) is 4. The highest BCUT2D eigenvalue weighted by Gasteiger charge is 2.20. The molecule has 0 spiro atoms. The standard InChI is InChI=1S/C44H24N4O/c45-25-27-17-19-29(47-39-13-5-1-9-31(39)32-10-2-6-14-40(32)47)21-35(27)36-22-30(20-18-28(36)26-46)48-41-15-7-3-11-33(41)37-24-44-38(23-42(37)48)34-12-4-8-16-43(34)49-44/h1-24H. The van der Waals surface area contributed by atoms with Crippen LogP contribution < -0.4 is 0 Å². The first-order valence-corrected chi connectivity index (χ1v) is 16.1. The molecule has 0 bridgehead atoms. The largest absolute Gasteiger partial charge is 0.456 e. The predicted octanol–water partition coefficient (Wildman–Crippen LogP) is 11.2. The third-order valence-electron chi connectivity index (χ3n) is 9.80. The van der Waals surface area contributed by atoms with E-state index in [0.717, 1.165) is 76.9 Å². The van der Waals surface area contributed by atoms with Gasteiger partial charge >= 0.3 is 0 Å². The lowest BCUT2D eigenvalue weighted by Crippen LogP contribution is -1.99. The second kappa shape index (κ2) is 10.2. The number of fused-ring (bicyclic) bond motifs is 9. The molecule has 49 heavy (non-hydrogen) atoms. The Kier molecular flexibility index (Phi) is 5.64. The lowest BCUT2D eigenvalue weighted by atomic mass is 9.95. The van der Waals surface area contributed by atoms with Gasteiger partial charge in [-0.3, -0.25) is 0 Å². The van der Waals surface area contributed by atoms with Crippen molar-refractivity contribution in [2.45, 2.75) is 0 Å². The fourth-order valence-electron chi connectivity index (χ4n) is 7.65. The summed E-state index contributed by atoms with van der Waals surface area (Å²) >= 11 is 0. The van der Waals surface area contributed by atoms with E-state index in [1.54, 1.807) is 0 Å². The van der Waals surface area contributed by atoms with Crippen LogP contribution in [0.3, 0.4) is 0 Å². The first-order valence-electron chi connectivity index (χ1n) is 16.1. The molecular formula is C44H24N4O. The molecule has 5 heteroatoms. The maximum Gasteiger partial charge on any atom is 0.136 e. The van der Waals surface area contributed by atoms with Crippen molar-refractivity contribution in [2.75, 3.05) is 0 Å². The first kappa shape index (κ1) is 27.1. The zero-order valence-electron chi connectivity index (χ0n) is 26.1. The van der Waals surface area contributed by atoms with Crippen LogP contribution in [0.5, 0.6) is 0 Å². The molecule has 0 saturated carbocycles. The van der Waals surface area contributed by atoms with Gasteiger partial charge in [0.25, 0.3) is 0 Å². The molecule has 10 aromatic rings. The second-order valence-electron chi connectivity index (χ2n) is 12.4. The summed E-state index contributed by atoms with van der Waals surface area (Å²) < 4.78 is 10.8. The Labute approximate surface area is 280 Å². The van der Waals surface area contributed by atoms with Crippen LogP contribution in [0.1, 0.15) is 11.1 Å². The smallest absolute Gasteiger partial charge is 0.136 e. The quantitative estimate of drug-likeness (QED) is 0.196. The van der Waals surface area contributed by atoms with E-state index in [4.69, 9.17) is 4.42 Å². The molecule has 10 rings (SSSR count). The number of benzene rings is 7. The van der Waals surface area contributed by atoms with Crippen LogP contribution in [-0.4, -0.2) is 9.13 Å². The highest BCUT2D eigenvalue weighted by atomic mass is 16.3. The molecule has 0 saturated heterocycles. The molecule has 5 nitrogen and oxygen atoms in total. The van der Waals surface area contributed by atoms with E-state index >= 15 is 0 Å². The van der Waals surface area contributed by atoms with Crippen LogP contribution in [-0.2, 0) is 0 Å². The summed E-state index contributed by atoms with van der Waals surface area (Å²) in [6.45, 7) is 0. The number of nitriles is 2. The van der Waals surface area contributed by atoms with Gasteiger partial charge in [0.1, 0.15) is 11.2 Å². The van der Waals surface area contributed by atoms with Crippen molar-refractivity contribution < 1.29 is 4.42 Å². The molecule has 0 radical (unpaired) electrons. The molecule has 0 aliphatic carbocycles. The average Bonchev–Trinajstić information content (AvgIpc) is 3.80. The van der Waals surface area contributed by atoms with Gasteiger partial charge in [-0.15, -0.1) is 0 Å². The van der Waals surface area contributed by atoms with Crippen molar-refractivity contribution in [2.24, 2.45) is 0 Å². The average molecular weight is 625 g/mol. The molecular weight excluding hydrogens is 601 g/mol. The molecule has 226 valence electrons. The van der Waals surface area contributed by atoms with E-state index in [0.29, 0.717) is 22.3 Å². The van der Waals surface area contributed by atoms with Crippen molar-refractivity contribution in [1.82, 2.24) is 9.13 Å². The molecule has 0 aliphatic rings. The van der Waals surface area contributed by atoms with Gasteiger partial charge in [0.2, 0.25) is 0 Å². The highest BCUT2D eigenvalue weighted by molar-refractivity contribution is 6.17. The van der Waals surface area contributed by atoms with Crippen molar-refractivity contribution >= 4 is 65.6 Å². The number of para-hydroxylation sites is 4. The maximum atomic E-state index is 10.4. The number of furan rings is 1. The van der Waals surface area contributed by atoms with Crippen LogP contribution in [0.25, 0.3) is 88.1 Å². The number of rotatable bonds is 3. The summed E-state index contributed by atoms with van der Waals surface area (Å²) in [5, 5.41) is 27.4. The molecule has 0 unspecified atom stereocenters. The van der Waals surface area contributed by atoms with E-state index in [1.807, 2.05) is 72.8 Å². The normalized spacial score (nSPS) is 11.6.